The number of halogens is 2. The van der Waals surface area contributed by atoms with Crippen molar-refractivity contribution in [1.29, 1.82) is 0 Å². The Morgan fingerprint density at radius 1 is 1.11 bits per heavy atom. The molecule has 0 radical (unpaired) electrons. The molecule has 28 heavy (non-hydrogen) atoms. The van der Waals surface area contributed by atoms with Crippen molar-refractivity contribution in [3.05, 3.63) is 77.1 Å². The second-order valence-corrected chi connectivity index (χ2v) is 6.30. The molecule has 0 bridgehead atoms. The minimum absolute atomic E-state index is 0. The van der Waals surface area contributed by atoms with E-state index in [0.717, 1.165) is 22.6 Å². The summed E-state index contributed by atoms with van der Waals surface area (Å²) in [5, 5.41) is 11.7. The zero-order valence-electron chi connectivity index (χ0n) is 15.7. The summed E-state index contributed by atoms with van der Waals surface area (Å²) in [4.78, 5) is 4.26. The molecule has 0 saturated heterocycles. The van der Waals surface area contributed by atoms with E-state index in [1.807, 2.05) is 65.6 Å². The van der Waals surface area contributed by atoms with Gasteiger partial charge < -0.3 is 15.4 Å². The normalized spacial score (nSPS) is 10.9. The zero-order valence-corrected chi connectivity index (χ0v) is 18.8. The number of nitrogens with one attached hydrogen (secondary N) is 2. The van der Waals surface area contributed by atoms with Crippen molar-refractivity contribution in [2.24, 2.45) is 4.99 Å². The number of rotatable bonds is 6. The second kappa shape index (κ2) is 10.9. The Labute approximate surface area is 187 Å². The number of hydrogen-bond acceptors (Lipinski definition) is 3. The van der Waals surface area contributed by atoms with Crippen molar-refractivity contribution in [2.75, 3.05) is 14.2 Å². The van der Waals surface area contributed by atoms with Gasteiger partial charge in [-0.15, -0.1) is 24.0 Å². The molecular weight excluding hydrogens is 489 g/mol. The molecule has 0 fully saturated rings. The van der Waals surface area contributed by atoms with Crippen molar-refractivity contribution < 1.29 is 4.74 Å². The van der Waals surface area contributed by atoms with Crippen LogP contribution in [0.25, 0.3) is 5.69 Å². The first kappa shape index (κ1) is 22.0. The maximum Gasteiger partial charge on any atom is 0.191 e. The number of aliphatic imine (C=N–C) groups is 1. The van der Waals surface area contributed by atoms with Crippen LogP contribution < -0.4 is 15.4 Å². The van der Waals surface area contributed by atoms with Crippen molar-refractivity contribution in [3.8, 4) is 11.4 Å². The fourth-order valence-electron chi connectivity index (χ4n) is 2.62. The van der Waals surface area contributed by atoms with Crippen LogP contribution in [0, 0.1) is 0 Å². The highest BCUT2D eigenvalue weighted by Crippen LogP contribution is 2.16. The van der Waals surface area contributed by atoms with Crippen LogP contribution in [-0.4, -0.2) is 29.9 Å². The Morgan fingerprint density at radius 2 is 1.82 bits per heavy atom. The summed E-state index contributed by atoms with van der Waals surface area (Å²) in [5.74, 6) is 1.56. The molecule has 0 saturated carbocycles. The summed E-state index contributed by atoms with van der Waals surface area (Å²) in [5.41, 5.74) is 3.08. The Hall–Kier alpha value is -2.26. The molecule has 8 heteroatoms. The predicted molar refractivity (Wildman–Crippen MR) is 124 cm³/mol. The van der Waals surface area contributed by atoms with Gasteiger partial charge in [0.1, 0.15) is 5.75 Å². The fraction of sp³-hybridized carbons (Fsp3) is 0.200. The topological polar surface area (TPSA) is 63.5 Å². The van der Waals surface area contributed by atoms with Crippen LogP contribution >= 0.6 is 35.6 Å². The van der Waals surface area contributed by atoms with Gasteiger partial charge in [0.25, 0.3) is 0 Å². The van der Waals surface area contributed by atoms with Crippen LogP contribution in [0.5, 0.6) is 5.75 Å². The minimum Gasteiger partial charge on any atom is -0.496 e. The van der Waals surface area contributed by atoms with Gasteiger partial charge in [-0.25, -0.2) is 4.68 Å². The van der Waals surface area contributed by atoms with E-state index in [4.69, 9.17) is 16.3 Å². The summed E-state index contributed by atoms with van der Waals surface area (Å²) < 4.78 is 7.19. The van der Waals surface area contributed by atoms with Gasteiger partial charge in [0.05, 0.1) is 19.0 Å². The highest BCUT2D eigenvalue weighted by molar-refractivity contribution is 14.0. The lowest BCUT2D eigenvalue weighted by Crippen LogP contribution is -2.36. The van der Waals surface area contributed by atoms with E-state index < -0.39 is 0 Å². The molecule has 3 rings (SSSR count). The summed E-state index contributed by atoms with van der Waals surface area (Å²) in [6.45, 7) is 1.23. The smallest absolute Gasteiger partial charge is 0.191 e. The number of ether oxygens (including phenoxy) is 1. The van der Waals surface area contributed by atoms with Crippen molar-refractivity contribution >= 4 is 41.5 Å². The van der Waals surface area contributed by atoms with E-state index in [-0.39, 0.29) is 24.0 Å². The molecule has 0 aliphatic carbocycles. The number of methoxy groups -OCH3 is 1. The van der Waals surface area contributed by atoms with Gasteiger partial charge in [-0.3, -0.25) is 4.99 Å². The highest BCUT2D eigenvalue weighted by Gasteiger charge is 2.05. The molecule has 148 valence electrons. The van der Waals surface area contributed by atoms with Crippen molar-refractivity contribution in [2.45, 2.75) is 13.1 Å². The van der Waals surface area contributed by atoms with Gasteiger partial charge in [0, 0.05) is 42.5 Å². The molecule has 0 aliphatic heterocycles. The average molecular weight is 512 g/mol. The molecule has 0 unspecified atom stereocenters. The van der Waals surface area contributed by atoms with E-state index in [0.29, 0.717) is 24.1 Å². The fourth-order valence-corrected chi connectivity index (χ4v) is 2.75. The first-order chi connectivity index (χ1) is 13.2. The van der Waals surface area contributed by atoms with Gasteiger partial charge >= 0.3 is 0 Å². The maximum atomic E-state index is 5.93. The zero-order chi connectivity index (χ0) is 19.1. The number of nitrogens with zero attached hydrogens (tertiary/aromatic N) is 3. The standard InChI is InChI=1S/C20H22ClN5O.HI/c1-22-20(24-13-16-5-3-4-6-19(16)27-2)23-11-15-12-25-26(14-15)18-9-7-17(21)8-10-18;/h3-10,12,14H,11,13H2,1-2H3,(H2,22,23,24);1H. The third-order valence-corrected chi connectivity index (χ3v) is 4.30. The van der Waals surface area contributed by atoms with Crippen LogP contribution in [0.4, 0.5) is 0 Å². The van der Waals surface area contributed by atoms with Crippen LogP contribution in [0.1, 0.15) is 11.1 Å². The lowest BCUT2D eigenvalue weighted by atomic mass is 10.2. The lowest BCUT2D eigenvalue weighted by molar-refractivity contribution is 0.409. The Balaban J connectivity index is 0.00000280. The van der Waals surface area contributed by atoms with E-state index in [2.05, 4.69) is 20.7 Å². The number of hydrogen-bond donors (Lipinski definition) is 2. The highest BCUT2D eigenvalue weighted by atomic mass is 127. The van der Waals surface area contributed by atoms with E-state index >= 15 is 0 Å². The molecule has 0 amide bonds. The molecule has 0 aliphatic rings. The first-order valence-electron chi connectivity index (χ1n) is 8.55. The van der Waals surface area contributed by atoms with Crippen LogP contribution in [0.3, 0.4) is 0 Å². The Kier molecular flexibility index (Phi) is 8.59. The number of benzene rings is 2. The summed E-state index contributed by atoms with van der Waals surface area (Å²) in [6.07, 6.45) is 3.80. The molecule has 0 spiro atoms. The van der Waals surface area contributed by atoms with E-state index in [1.54, 1.807) is 14.2 Å². The Bertz CT molecular complexity index is 911. The molecule has 0 atom stereocenters. The van der Waals surface area contributed by atoms with Gasteiger partial charge in [0.15, 0.2) is 5.96 Å². The quantitative estimate of drug-likeness (QED) is 0.298. The largest absolute Gasteiger partial charge is 0.496 e. The van der Waals surface area contributed by atoms with E-state index in [1.165, 1.54) is 0 Å². The molecule has 6 nitrogen and oxygen atoms in total. The monoisotopic (exact) mass is 511 g/mol. The van der Waals surface area contributed by atoms with Crippen LogP contribution in [0.15, 0.2) is 65.9 Å². The minimum atomic E-state index is 0. The molecule has 3 aromatic rings. The summed E-state index contributed by atoms with van der Waals surface area (Å²) in [6, 6.07) is 15.5. The van der Waals surface area contributed by atoms with Gasteiger partial charge in [-0.1, -0.05) is 29.8 Å². The third kappa shape index (κ3) is 5.87. The molecule has 2 aromatic carbocycles. The second-order valence-electron chi connectivity index (χ2n) is 5.86. The Morgan fingerprint density at radius 3 is 2.54 bits per heavy atom. The molecule has 1 aromatic heterocycles. The number of para-hydroxylation sites is 1. The van der Waals surface area contributed by atoms with Gasteiger partial charge in [0.2, 0.25) is 0 Å². The van der Waals surface area contributed by atoms with Crippen LogP contribution in [0.2, 0.25) is 5.02 Å². The van der Waals surface area contributed by atoms with Gasteiger partial charge in [-0.2, -0.15) is 5.10 Å². The maximum absolute atomic E-state index is 5.93. The van der Waals surface area contributed by atoms with Crippen LogP contribution in [-0.2, 0) is 13.1 Å². The third-order valence-electron chi connectivity index (χ3n) is 4.05. The van der Waals surface area contributed by atoms with Crippen molar-refractivity contribution in [3.63, 3.8) is 0 Å². The molecular formula is C20H23ClIN5O. The molecule has 2 N–H and O–H groups in total. The summed E-state index contributed by atoms with van der Waals surface area (Å²) in [7, 11) is 3.42. The lowest BCUT2D eigenvalue weighted by Gasteiger charge is -2.13. The first-order valence-corrected chi connectivity index (χ1v) is 8.93. The SMILES string of the molecule is CN=C(NCc1cnn(-c2ccc(Cl)cc2)c1)NCc1ccccc1OC.I. The number of aromatic nitrogens is 2. The average Bonchev–Trinajstić information content (AvgIpc) is 3.18. The van der Waals surface area contributed by atoms with Crippen molar-refractivity contribution in [1.82, 2.24) is 20.4 Å². The molecule has 1 heterocycles. The number of guanidine groups is 1. The van der Waals surface area contributed by atoms with E-state index in [9.17, 15) is 0 Å². The van der Waals surface area contributed by atoms with Gasteiger partial charge in [-0.05, 0) is 30.3 Å². The summed E-state index contributed by atoms with van der Waals surface area (Å²) >= 11 is 5.93. The predicted octanol–water partition coefficient (Wildman–Crippen LogP) is 4.02.